The largest absolute Gasteiger partial charge is 0.478 e. The van der Waals surface area contributed by atoms with Gasteiger partial charge in [0.05, 0.1) is 11.1 Å². The number of amides is 1. The van der Waals surface area contributed by atoms with Gasteiger partial charge in [0.1, 0.15) is 12.1 Å². The topological polar surface area (TPSA) is 95.4 Å². The number of aromatic nitrogens is 2. The molecule has 1 amide bonds. The van der Waals surface area contributed by atoms with Crippen molar-refractivity contribution in [1.29, 1.82) is 0 Å². The maximum atomic E-state index is 11.5. The lowest BCUT2D eigenvalue weighted by molar-refractivity contribution is -0.128. The first-order valence-electron chi connectivity index (χ1n) is 6.41. The predicted molar refractivity (Wildman–Crippen MR) is 78.3 cm³/mol. The second-order valence-electron chi connectivity index (χ2n) is 4.72. The van der Waals surface area contributed by atoms with Crippen molar-refractivity contribution in [3.8, 4) is 0 Å². The molecular formula is C14H16N4O3. The number of aromatic carboxylic acids is 1. The van der Waals surface area contributed by atoms with Crippen LogP contribution in [0.15, 0.2) is 24.5 Å². The van der Waals surface area contributed by atoms with Gasteiger partial charge in [-0.2, -0.15) is 0 Å². The van der Waals surface area contributed by atoms with Crippen LogP contribution < -0.4 is 5.32 Å². The lowest BCUT2D eigenvalue weighted by Gasteiger charge is -2.11. The minimum absolute atomic E-state index is 0.0222. The lowest BCUT2D eigenvalue weighted by atomic mass is 10.1. The number of hydrogen-bond donors (Lipinski definition) is 2. The summed E-state index contributed by atoms with van der Waals surface area (Å²) in [5.41, 5.74) is 0.723. The zero-order valence-corrected chi connectivity index (χ0v) is 11.8. The minimum Gasteiger partial charge on any atom is -0.478 e. The number of carbonyl (C=O) groups excluding carboxylic acids is 1. The van der Waals surface area contributed by atoms with Crippen LogP contribution >= 0.6 is 0 Å². The normalized spacial score (nSPS) is 10.4. The Balaban J connectivity index is 2.17. The summed E-state index contributed by atoms with van der Waals surface area (Å²) in [5, 5.41) is 12.8. The molecule has 0 aliphatic carbocycles. The van der Waals surface area contributed by atoms with Gasteiger partial charge >= 0.3 is 5.97 Å². The van der Waals surface area contributed by atoms with E-state index in [1.807, 2.05) is 0 Å². The van der Waals surface area contributed by atoms with Gasteiger partial charge in [-0.15, -0.1) is 0 Å². The second kappa shape index (κ2) is 6.17. The molecule has 21 heavy (non-hydrogen) atoms. The van der Waals surface area contributed by atoms with Crippen molar-refractivity contribution in [3.05, 3.63) is 30.1 Å². The maximum absolute atomic E-state index is 11.5. The van der Waals surface area contributed by atoms with Crippen LogP contribution in [0.1, 0.15) is 16.8 Å². The first-order chi connectivity index (χ1) is 9.99. The van der Waals surface area contributed by atoms with Gasteiger partial charge in [-0.25, -0.2) is 14.8 Å². The van der Waals surface area contributed by atoms with Crippen molar-refractivity contribution in [1.82, 2.24) is 14.9 Å². The summed E-state index contributed by atoms with van der Waals surface area (Å²) in [6, 6.07) is 4.66. The van der Waals surface area contributed by atoms with Crippen molar-refractivity contribution < 1.29 is 14.7 Å². The zero-order chi connectivity index (χ0) is 15.4. The fourth-order valence-corrected chi connectivity index (χ4v) is 1.84. The Kier molecular flexibility index (Phi) is 4.32. The van der Waals surface area contributed by atoms with Crippen molar-refractivity contribution in [2.24, 2.45) is 0 Å². The van der Waals surface area contributed by atoms with E-state index in [4.69, 9.17) is 5.11 Å². The Hall–Kier alpha value is -2.70. The summed E-state index contributed by atoms with van der Waals surface area (Å²) in [4.78, 5) is 32.2. The first-order valence-corrected chi connectivity index (χ1v) is 6.41. The number of nitrogens with zero attached hydrogens (tertiary/aromatic N) is 3. The Morgan fingerprint density at radius 3 is 2.71 bits per heavy atom. The molecule has 0 saturated heterocycles. The van der Waals surface area contributed by atoms with Crippen LogP contribution in [0, 0.1) is 0 Å². The maximum Gasteiger partial charge on any atom is 0.335 e. The number of carboxylic acids is 1. The number of carbonyl (C=O) groups is 2. The molecule has 2 aromatic rings. The molecule has 0 saturated carbocycles. The summed E-state index contributed by atoms with van der Waals surface area (Å²) in [7, 11) is 3.41. The Labute approximate surface area is 121 Å². The highest BCUT2D eigenvalue weighted by Gasteiger charge is 2.09. The molecule has 1 aromatic carbocycles. The summed E-state index contributed by atoms with van der Waals surface area (Å²) >= 11 is 0. The highest BCUT2D eigenvalue weighted by atomic mass is 16.4. The third-order valence-corrected chi connectivity index (χ3v) is 3.01. The lowest BCUT2D eigenvalue weighted by Crippen LogP contribution is -2.24. The number of fused-ring (bicyclic) bond motifs is 1. The van der Waals surface area contributed by atoms with E-state index >= 15 is 0 Å². The molecule has 0 spiro atoms. The van der Waals surface area contributed by atoms with E-state index in [1.165, 1.54) is 23.4 Å². The van der Waals surface area contributed by atoms with Gasteiger partial charge in [0.15, 0.2) is 0 Å². The molecule has 0 atom stereocenters. The molecule has 0 radical (unpaired) electrons. The molecule has 7 heteroatoms. The van der Waals surface area contributed by atoms with Gasteiger partial charge in [-0.05, 0) is 18.2 Å². The van der Waals surface area contributed by atoms with Gasteiger partial charge in [0, 0.05) is 32.4 Å². The number of rotatable bonds is 5. The molecule has 1 heterocycles. The first kappa shape index (κ1) is 14.7. The molecule has 110 valence electrons. The number of anilines is 1. The highest BCUT2D eigenvalue weighted by molar-refractivity contribution is 5.96. The average Bonchev–Trinajstić information content (AvgIpc) is 2.46. The SMILES string of the molecule is CN(C)C(=O)CCNc1ncnc2cc(C(=O)O)ccc12. The smallest absolute Gasteiger partial charge is 0.335 e. The van der Waals surface area contributed by atoms with Gasteiger partial charge in [-0.1, -0.05) is 0 Å². The number of hydrogen-bond acceptors (Lipinski definition) is 5. The molecule has 2 rings (SSSR count). The molecule has 0 fully saturated rings. The fraction of sp³-hybridized carbons (Fsp3) is 0.286. The quantitative estimate of drug-likeness (QED) is 0.859. The van der Waals surface area contributed by atoms with Crippen molar-refractivity contribution in [3.63, 3.8) is 0 Å². The van der Waals surface area contributed by atoms with Gasteiger partial charge in [0.25, 0.3) is 0 Å². The van der Waals surface area contributed by atoms with Crippen molar-refractivity contribution in [2.75, 3.05) is 26.0 Å². The van der Waals surface area contributed by atoms with Crippen LogP contribution in [-0.4, -0.2) is 52.5 Å². The van der Waals surface area contributed by atoms with E-state index in [-0.39, 0.29) is 11.5 Å². The highest BCUT2D eigenvalue weighted by Crippen LogP contribution is 2.20. The van der Waals surface area contributed by atoms with Crippen LogP contribution in [-0.2, 0) is 4.79 Å². The summed E-state index contributed by atoms with van der Waals surface area (Å²) in [6.07, 6.45) is 1.72. The number of benzene rings is 1. The van der Waals surface area contributed by atoms with E-state index in [9.17, 15) is 9.59 Å². The van der Waals surface area contributed by atoms with Crippen molar-refractivity contribution >= 4 is 28.6 Å². The number of nitrogens with one attached hydrogen (secondary N) is 1. The van der Waals surface area contributed by atoms with E-state index in [0.29, 0.717) is 24.3 Å². The summed E-state index contributed by atoms with van der Waals surface area (Å²) in [6.45, 7) is 0.448. The Bertz CT molecular complexity index is 685. The van der Waals surface area contributed by atoms with E-state index < -0.39 is 5.97 Å². The molecule has 0 aliphatic heterocycles. The zero-order valence-electron chi connectivity index (χ0n) is 11.8. The number of carboxylic acid groups (broad SMARTS) is 1. The molecule has 0 unspecified atom stereocenters. The van der Waals surface area contributed by atoms with Crippen molar-refractivity contribution in [2.45, 2.75) is 6.42 Å². The third-order valence-electron chi connectivity index (χ3n) is 3.01. The second-order valence-corrected chi connectivity index (χ2v) is 4.72. The van der Waals surface area contributed by atoms with E-state index in [1.54, 1.807) is 20.2 Å². The average molecular weight is 288 g/mol. The standard InChI is InChI=1S/C14H16N4O3/c1-18(2)12(19)5-6-15-13-10-4-3-9(14(20)21)7-11(10)16-8-17-13/h3-4,7-8H,5-6H2,1-2H3,(H,20,21)(H,15,16,17). The van der Waals surface area contributed by atoms with Gasteiger partial charge < -0.3 is 15.3 Å². The fourth-order valence-electron chi connectivity index (χ4n) is 1.84. The Morgan fingerprint density at radius 1 is 1.29 bits per heavy atom. The van der Waals surface area contributed by atoms with Gasteiger partial charge in [0.2, 0.25) is 5.91 Å². The molecule has 2 N–H and O–H groups in total. The summed E-state index contributed by atoms with van der Waals surface area (Å²) in [5.74, 6) is -0.390. The molecule has 0 aliphatic rings. The molecule has 1 aromatic heterocycles. The van der Waals surface area contributed by atoms with Crippen LogP contribution in [0.25, 0.3) is 10.9 Å². The third kappa shape index (κ3) is 3.44. The molecular weight excluding hydrogens is 272 g/mol. The van der Waals surface area contributed by atoms with E-state index in [0.717, 1.165) is 5.39 Å². The van der Waals surface area contributed by atoms with Crippen LogP contribution in [0.5, 0.6) is 0 Å². The summed E-state index contributed by atoms with van der Waals surface area (Å²) < 4.78 is 0. The van der Waals surface area contributed by atoms with Crippen LogP contribution in [0.4, 0.5) is 5.82 Å². The van der Waals surface area contributed by atoms with Crippen LogP contribution in [0.2, 0.25) is 0 Å². The Morgan fingerprint density at radius 2 is 2.05 bits per heavy atom. The minimum atomic E-state index is -0.999. The monoisotopic (exact) mass is 288 g/mol. The predicted octanol–water partition coefficient (Wildman–Crippen LogP) is 1.22. The molecule has 0 bridgehead atoms. The molecule has 7 nitrogen and oxygen atoms in total. The van der Waals surface area contributed by atoms with E-state index in [2.05, 4.69) is 15.3 Å². The van der Waals surface area contributed by atoms with Crippen LogP contribution in [0.3, 0.4) is 0 Å². The van der Waals surface area contributed by atoms with Gasteiger partial charge in [-0.3, -0.25) is 4.79 Å².